The van der Waals surface area contributed by atoms with Crippen molar-refractivity contribution in [2.24, 2.45) is 0 Å². The summed E-state index contributed by atoms with van der Waals surface area (Å²) in [6.07, 6.45) is 3.26. The lowest BCUT2D eigenvalue weighted by atomic mass is 10.0. The number of nitrogens with zero attached hydrogens (tertiary/aromatic N) is 3. The first-order valence-electron chi connectivity index (χ1n) is 11.5. The standard InChI is InChI=1S/C25H26ClN3O5/c1-16-23(28-34-27-16)25(30)29-8-10-32-24-19(14-29)11-18(17-5-4-6-20(26)12-17)13-22(24)33-15-21-7-2-3-9-31-21/h4-6,11-13,21H,2-3,7-10,14-15H2,1H3/t21-/m0/s1. The van der Waals surface area contributed by atoms with Crippen LogP contribution in [0.2, 0.25) is 5.02 Å². The molecule has 178 valence electrons. The number of aromatic nitrogens is 2. The first-order valence-corrected chi connectivity index (χ1v) is 11.8. The van der Waals surface area contributed by atoms with E-state index in [4.69, 9.17) is 30.4 Å². The van der Waals surface area contributed by atoms with Crippen LogP contribution in [0.15, 0.2) is 41.0 Å². The van der Waals surface area contributed by atoms with Gasteiger partial charge in [-0.2, -0.15) is 0 Å². The maximum absolute atomic E-state index is 13.1. The lowest BCUT2D eigenvalue weighted by molar-refractivity contribution is -0.0115. The Hall–Kier alpha value is -3.10. The minimum absolute atomic E-state index is 0.0609. The van der Waals surface area contributed by atoms with E-state index >= 15 is 0 Å². The van der Waals surface area contributed by atoms with E-state index in [1.807, 2.05) is 36.4 Å². The van der Waals surface area contributed by atoms with Crippen LogP contribution in [0.25, 0.3) is 11.1 Å². The maximum atomic E-state index is 13.1. The number of hydrogen-bond donors (Lipinski definition) is 0. The van der Waals surface area contributed by atoms with Crippen LogP contribution < -0.4 is 9.47 Å². The molecule has 0 unspecified atom stereocenters. The fraction of sp³-hybridized carbons (Fsp3) is 0.400. The lowest BCUT2D eigenvalue weighted by Gasteiger charge is -2.24. The molecule has 5 rings (SSSR count). The number of benzene rings is 2. The number of amides is 1. The number of aryl methyl sites for hydroxylation is 1. The fourth-order valence-corrected chi connectivity index (χ4v) is 4.49. The molecule has 2 aliphatic heterocycles. The van der Waals surface area contributed by atoms with Gasteiger partial charge in [0.05, 0.1) is 12.6 Å². The monoisotopic (exact) mass is 483 g/mol. The molecule has 9 heteroatoms. The summed E-state index contributed by atoms with van der Waals surface area (Å²) < 4.78 is 22.9. The summed E-state index contributed by atoms with van der Waals surface area (Å²) >= 11 is 6.26. The van der Waals surface area contributed by atoms with E-state index in [2.05, 4.69) is 10.3 Å². The van der Waals surface area contributed by atoms with Gasteiger partial charge in [-0.3, -0.25) is 4.79 Å². The Bertz CT molecular complexity index is 1180. The summed E-state index contributed by atoms with van der Waals surface area (Å²) in [5, 5.41) is 8.16. The van der Waals surface area contributed by atoms with E-state index < -0.39 is 0 Å². The number of fused-ring (bicyclic) bond motifs is 1. The third-order valence-corrected chi connectivity index (χ3v) is 6.33. The third-order valence-electron chi connectivity index (χ3n) is 6.10. The van der Waals surface area contributed by atoms with E-state index in [1.165, 1.54) is 0 Å². The van der Waals surface area contributed by atoms with E-state index in [0.717, 1.165) is 42.6 Å². The van der Waals surface area contributed by atoms with Gasteiger partial charge in [-0.05, 0) is 66.7 Å². The highest BCUT2D eigenvalue weighted by molar-refractivity contribution is 6.30. The van der Waals surface area contributed by atoms with Crippen LogP contribution in [0.1, 0.15) is 41.0 Å². The summed E-state index contributed by atoms with van der Waals surface area (Å²) in [6, 6.07) is 11.6. The zero-order valence-corrected chi connectivity index (χ0v) is 19.7. The van der Waals surface area contributed by atoms with Crippen molar-refractivity contribution < 1.29 is 23.6 Å². The molecule has 0 N–H and O–H groups in total. The second kappa shape index (κ2) is 10.0. The van der Waals surface area contributed by atoms with Crippen LogP contribution in [0.4, 0.5) is 0 Å². The van der Waals surface area contributed by atoms with Gasteiger partial charge in [0.25, 0.3) is 5.91 Å². The van der Waals surface area contributed by atoms with Crippen LogP contribution >= 0.6 is 11.6 Å². The second-order valence-corrected chi connectivity index (χ2v) is 8.98. The normalized spacial score (nSPS) is 18.1. The third kappa shape index (κ3) is 4.88. The molecular weight excluding hydrogens is 458 g/mol. The van der Waals surface area contributed by atoms with Crippen molar-refractivity contribution in [3.8, 4) is 22.6 Å². The largest absolute Gasteiger partial charge is 0.487 e. The summed E-state index contributed by atoms with van der Waals surface area (Å²) in [7, 11) is 0. The number of carbonyl (C=O) groups is 1. The summed E-state index contributed by atoms with van der Waals surface area (Å²) in [5.41, 5.74) is 3.39. The van der Waals surface area contributed by atoms with Gasteiger partial charge in [-0.1, -0.05) is 28.9 Å². The Balaban J connectivity index is 1.48. The molecule has 0 saturated carbocycles. The highest BCUT2D eigenvalue weighted by Gasteiger charge is 2.28. The molecule has 1 amide bonds. The predicted octanol–water partition coefficient (Wildman–Crippen LogP) is 4.68. The molecule has 8 nitrogen and oxygen atoms in total. The van der Waals surface area contributed by atoms with E-state index in [9.17, 15) is 4.79 Å². The zero-order valence-electron chi connectivity index (χ0n) is 19.0. The summed E-state index contributed by atoms with van der Waals surface area (Å²) in [4.78, 5) is 14.8. The first-order chi connectivity index (χ1) is 16.6. The first kappa shape index (κ1) is 22.7. The molecule has 1 aromatic heterocycles. The average Bonchev–Trinajstić information content (AvgIpc) is 3.16. The van der Waals surface area contributed by atoms with Crippen LogP contribution in [0, 0.1) is 6.92 Å². The summed E-state index contributed by atoms with van der Waals surface area (Å²) in [6.45, 7) is 3.97. The second-order valence-electron chi connectivity index (χ2n) is 8.55. The molecule has 1 atom stereocenters. The Morgan fingerprint density at radius 3 is 2.85 bits per heavy atom. The quantitative estimate of drug-likeness (QED) is 0.520. The molecule has 2 aromatic carbocycles. The minimum Gasteiger partial charge on any atom is -0.487 e. The van der Waals surface area contributed by atoms with Crippen LogP contribution in [-0.4, -0.2) is 53.6 Å². The highest BCUT2D eigenvalue weighted by Crippen LogP contribution is 2.39. The van der Waals surface area contributed by atoms with Gasteiger partial charge in [-0.15, -0.1) is 0 Å². The lowest BCUT2D eigenvalue weighted by Crippen LogP contribution is -2.33. The smallest absolute Gasteiger partial charge is 0.278 e. The van der Waals surface area contributed by atoms with Crippen molar-refractivity contribution >= 4 is 17.5 Å². The van der Waals surface area contributed by atoms with Crippen molar-refractivity contribution in [3.05, 3.63) is 58.4 Å². The van der Waals surface area contributed by atoms with Crippen molar-refractivity contribution in [1.29, 1.82) is 0 Å². The van der Waals surface area contributed by atoms with Crippen LogP contribution in [-0.2, 0) is 11.3 Å². The van der Waals surface area contributed by atoms with Crippen molar-refractivity contribution in [2.45, 2.75) is 38.8 Å². The van der Waals surface area contributed by atoms with Gasteiger partial charge >= 0.3 is 0 Å². The fourth-order valence-electron chi connectivity index (χ4n) is 4.30. The Morgan fingerprint density at radius 2 is 2.09 bits per heavy atom. The van der Waals surface area contributed by atoms with Gasteiger partial charge < -0.3 is 19.1 Å². The van der Waals surface area contributed by atoms with Gasteiger partial charge in [0.1, 0.15) is 18.9 Å². The average molecular weight is 484 g/mol. The van der Waals surface area contributed by atoms with E-state index in [-0.39, 0.29) is 17.7 Å². The van der Waals surface area contributed by atoms with Crippen molar-refractivity contribution in [3.63, 3.8) is 0 Å². The molecular formula is C25H26ClN3O5. The molecule has 1 saturated heterocycles. The van der Waals surface area contributed by atoms with Crippen molar-refractivity contribution in [1.82, 2.24) is 15.2 Å². The molecule has 3 heterocycles. The van der Waals surface area contributed by atoms with Gasteiger partial charge in [0, 0.05) is 23.7 Å². The molecule has 34 heavy (non-hydrogen) atoms. The molecule has 0 spiro atoms. The van der Waals surface area contributed by atoms with Crippen molar-refractivity contribution in [2.75, 3.05) is 26.4 Å². The highest BCUT2D eigenvalue weighted by atomic mass is 35.5. The summed E-state index contributed by atoms with van der Waals surface area (Å²) in [5.74, 6) is 1.03. The maximum Gasteiger partial charge on any atom is 0.278 e. The number of ether oxygens (including phenoxy) is 3. The molecule has 0 radical (unpaired) electrons. The molecule has 0 aliphatic carbocycles. The van der Waals surface area contributed by atoms with E-state index in [0.29, 0.717) is 48.5 Å². The molecule has 2 aliphatic rings. The SMILES string of the molecule is Cc1nonc1C(=O)N1CCOc2c(cc(-c3cccc(Cl)c3)cc2OC[C@@H]2CCCCO2)C1. The van der Waals surface area contributed by atoms with Gasteiger partial charge in [-0.25, -0.2) is 4.63 Å². The number of halogens is 1. The Labute approximate surface area is 202 Å². The number of carbonyl (C=O) groups excluding carboxylic acids is 1. The molecule has 1 fully saturated rings. The minimum atomic E-state index is -0.249. The molecule has 0 bridgehead atoms. The molecule has 3 aromatic rings. The Morgan fingerprint density at radius 1 is 1.18 bits per heavy atom. The zero-order chi connectivity index (χ0) is 23.5. The topological polar surface area (TPSA) is 86.9 Å². The predicted molar refractivity (Wildman–Crippen MR) is 125 cm³/mol. The van der Waals surface area contributed by atoms with E-state index in [1.54, 1.807) is 11.8 Å². The number of hydrogen-bond acceptors (Lipinski definition) is 7. The van der Waals surface area contributed by atoms with Crippen LogP contribution in [0.3, 0.4) is 0 Å². The van der Waals surface area contributed by atoms with Gasteiger partial charge in [0.15, 0.2) is 17.2 Å². The number of rotatable bonds is 5. The van der Waals surface area contributed by atoms with Gasteiger partial charge in [0.2, 0.25) is 0 Å². The van der Waals surface area contributed by atoms with Crippen LogP contribution in [0.5, 0.6) is 11.5 Å². The Kier molecular flexibility index (Phi) is 6.69.